The molecule has 21 heavy (non-hydrogen) atoms. The number of hydrogen-bond acceptors (Lipinski definition) is 3. The summed E-state index contributed by atoms with van der Waals surface area (Å²) in [6, 6.07) is 18.8. The maximum atomic E-state index is 10.7. The fourth-order valence-electron chi connectivity index (χ4n) is 2.83. The monoisotopic (exact) mass is 280 g/mol. The molecule has 1 aliphatic rings. The van der Waals surface area contributed by atoms with Gasteiger partial charge in [-0.3, -0.25) is 9.69 Å². The van der Waals surface area contributed by atoms with E-state index in [1.165, 1.54) is 11.1 Å². The second kappa shape index (κ2) is 6.66. The van der Waals surface area contributed by atoms with E-state index in [-0.39, 0.29) is 0 Å². The number of nitrogens with zero attached hydrogens (tertiary/aromatic N) is 1. The van der Waals surface area contributed by atoms with Crippen molar-refractivity contribution in [3.63, 3.8) is 0 Å². The number of carbonyl (C=O) groups excluding carboxylic acids is 1. The molecule has 0 saturated carbocycles. The molecule has 1 atom stereocenters. The van der Waals surface area contributed by atoms with Crippen molar-refractivity contribution in [3.05, 3.63) is 71.3 Å². The minimum absolute atomic E-state index is 0.336. The third-order valence-corrected chi connectivity index (χ3v) is 3.98. The van der Waals surface area contributed by atoms with Crippen molar-refractivity contribution >= 4 is 6.29 Å². The molecule has 3 nitrogen and oxygen atoms in total. The molecule has 3 heteroatoms. The molecule has 1 saturated heterocycles. The Labute approximate surface area is 125 Å². The number of rotatable bonds is 4. The highest BCUT2D eigenvalue weighted by Gasteiger charge is 2.20. The molecule has 0 amide bonds. The standard InChI is InChI=1S/C18H20N2O/c21-14-16-6-8-17(9-7-16)18-13-20(11-10-19-18)12-15-4-2-1-3-5-15/h1-9,14,18-19H,10-13H2. The maximum absolute atomic E-state index is 10.7. The largest absolute Gasteiger partial charge is 0.308 e. The Morgan fingerprint density at radius 2 is 1.86 bits per heavy atom. The van der Waals surface area contributed by atoms with Crippen molar-refractivity contribution in [1.29, 1.82) is 0 Å². The van der Waals surface area contributed by atoms with E-state index in [9.17, 15) is 4.79 Å². The summed E-state index contributed by atoms with van der Waals surface area (Å²) in [4.78, 5) is 13.2. The second-order valence-electron chi connectivity index (χ2n) is 5.51. The molecule has 0 bridgehead atoms. The van der Waals surface area contributed by atoms with Gasteiger partial charge in [0.15, 0.2) is 0 Å². The number of piperazine rings is 1. The van der Waals surface area contributed by atoms with E-state index in [2.05, 4.69) is 40.5 Å². The van der Waals surface area contributed by atoms with Crippen LogP contribution in [0.4, 0.5) is 0 Å². The Balaban J connectivity index is 1.66. The lowest BCUT2D eigenvalue weighted by molar-refractivity contribution is 0.112. The summed E-state index contributed by atoms with van der Waals surface area (Å²) in [6.07, 6.45) is 0.889. The van der Waals surface area contributed by atoms with Gasteiger partial charge in [0.2, 0.25) is 0 Å². The van der Waals surface area contributed by atoms with Crippen LogP contribution in [0.2, 0.25) is 0 Å². The maximum Gasteiger partial charge on any atom is 0.150 e. The van der Waals surface area contributed by atoms with E-state index in [0.29, 0.717) is 6.04 Å². The van der Waals surface area contributed by atoms with Gasteiger partial charge in [0.1, 0.15) is 6.29 Å². The lowest BCUT2D eigenvalue weighted by Gasteiger charge is -2.34. The average molecular weight is 280 g/mol. The van der Waals surface area contributed by atoms with Crippen molar-refractivity contribution in [3.8, 4) is 0 Å². The molecule has 0 spiro atoms. The zero-order valence-electron chi connectivity index (χ0n) is 12.0. The number of carbonyl (C=O) groups is 1. The molecule has 0 aliphatic carbocycles. The fourth-order valence-corrected chi connectivity index (χ4v) is 2.83. The Morgan fingerprint density at radius 1 is 1.10 bits per heavy atom. The molecule has 1 unspecified atom stereocenters. The molecule has 1 N–H and O–H groups in total. The average Bonchev–Trinajstić information content (AvgIpc) is 2.56. The van der Waals surface area contributed by atoms with E-state index in [0.717, 1.165) is 38.0 Å². The van der Waals surface area contributed by atoms with Crippen LogP contribution in [-0.4, -0.2) is 30.8 Å². The van der Waals surface area contributed by atoms with Gasteiger partial charge in [0.25, 0.3) is 0 Å². The number of aldehydes is 1. The smallest absolute Gasteiger partial charge is 0.150 e. The molecule has 0 radical (unpaired) electrons. The van der Waals surface area contributed by atoms with Gasteiger partial charge < -0.3 is 5.32 Å². The van der Waals surface area contributed by atoms with Gasteiger partial charge in [-0.25, -0.2) is 0 Å². The molecular weight excluding hydrogens is 260 g/mol. The van der Waals surface area contributed by atoms with Crippen LogP contribution in [0.3, 0.4) is 0 Å². The van der Waals surface area contributed by atoms with Gasteiger partial charge in [-0.05, 0) is 11.1 Å². The summed E-state index contributed by atoms with van der Waals surface area (Å²) in [5.74, 6) is 0. The molecule has 1 aliphatic heterocycles. The highest BCUT2D eigenvalue weighted by atomic mass is 16.1. The Bertz CT molecular complexity index is 580. The second-order valence-corrected chi connectivity index (χ2v) is 5.51. The summed E-state index contributed by atoms with van der Waals surface area (Å²) in [7, 11) is 0. The molecule has 0 aromatic heterocycles. The molecule has 108 valence electrons. The van der Waals surface area contributed by atoms with Crippen LogP contribution in [0, 0.1) is 0 Å². The molecule has 2 aromatic rings. The van der Waals surface area contributed by atoms with Crippen molar-refractivity contribution in [2.24, 2.45) is 0 Å². The van der Waals surface area contributed by atoms with E-state index in [4.69, 9.17) is 0 Å². The van der Waals surface area contributed by atoms with Crippen LogP contribution < -0.4 is 5.32 Å². The minimum Gasteiger partial charge on any atom is -0.308 e. The molecule has 1 heterocycles. The number of nitrogens with one attached hydrogen (secondary N) is 1. The molecule has 2 aromatic carbocycles. The van der Waals surface area contributed by atoms with E-state index < -0.39 is 0 Å². The van der Waals surface area contributed by atoms with Crippen LogP contribution in [0.5, 0.6) is 0 Å². The molecular formula is C18H20N2O. The Morgan fingerprint density at radius 3 is 2.57 bits per heavy atom. The molecule has 3 rings (SSSR count). The van der Waals surface area contributed by atoms with Crippen molar-refractivity contribution < 1.29 is 4.79 Å². The summed E-state index contributed by atoms with van der Waals surface area (Å²) >= 11 is 0. The van der Waals surface area contributed by atoms with Crippen molar-refractivity contribution in [1.82, 2.24) is 10.2 Å². The highest BCUT2D eigenvalue weighted by molar-refractivity contribution is 5.74. The van der Waals surface area contributed by atoms with Crippen LogP contribution in [-0.2, 0) is 6.54 Å². The van der Waals surface area contributed by atoms with Crippen LogP contribution in [0.1, 0.15) is 27.5 Å². The summed E-state index contributed by atoms with van der Waals surface area (Å²) in [6.45, 7) is 4.05. The van der Waals surface area contributed by atoms with Gasteiger partial charge in [-0.2, -0.15) is 0 Å². The zero-order valence-corrected chi connectivity index (χ0v) is 12.0. The van der Waals surface area contributed by atoms with Crippen LogP contribution >= 0.6 is 0 Å². The van der Waals surface area contributed by atoms with Gasteiger partial charge in [0, 0.05) is 37.8 Å². The highest BCUT2D eigenvalue weighted by Crippen LogP contribution is 2.19. The van der Waals surface area contributed by atoms with Gasteiger partial charge in [0.05, 0.1) is 0 Å². The predicted octanol–water partition coefficient (Wildman–Crippen LogP) is 2.65. The van der Waals surface area contributed by atoms with Gasteiger partial charge in [-0.1, -0.05) is 54.6 Å². The van der Waals surface area contributed by atoms with Crippen LogP contribution in [0.15, 0.2) is 54.6 Å². The van der Waals surface area contributed by atoms with E-state index >= 15 is 0 Å². The topological polar surface area (TPSA) is 32.3 Å². The SMILES string of the molecule is O=Cc1ccc(C2CN(Cc3ccccc3)CCN2)cc1. The van der Waals surface area contributed by atoms with Crippen molar-refractivity contribution in [2.75, 3.05) is 19.6 Å². The lowest BCUT2D eigenvalue weighted by Crippen LogP contribution is -2.45. The Hall–Kier alpha value is -1.97. The first-order valence-corrected chi connectivity index (χ1v) is 7.40. The fraction of sp³-hybridized carbons (Fsp3) is 0.278. The predicted molar refractivity (Wildman–Crippen MR) is 84.3 cm³/mol. The van der Waals surface area contributed by atoms with Crippen molar-refractivity contribution in [2.45, 2.75) is 12.6 Å². The third kappa shape index (κ3) is 3.57. The number of hydrogen-bond donors (Lipinski definition) is 1. The Kier molecular flexibility index (Phi) is 4.43. The first-order chi connectivity index (χ1) is 10.3. The van der Waals surface area contributed by atoms with Gasteiger partial charge in [-0.15, -0.1) is 0 Å². The lowest BCUT2D eigenvalue weighted by atomic mass is 10.0. The minimum atomic E-state index is 0.336. The number of benzene rings is 2. The summed E-state index contributed by atoms with van der Waals surface area (Å²) < 4.78 is 0. The van der Waals surface area contributed by atoms with E-state index in [1.54, 1.807) is 0 Å². The quantitative estimate of drug-likeness (QED) is 0.874. The molecule has 1 fully saturated rings. The first kappa shape index (κ1) is 14.0. The zero-order chi connectivity index (χ0) is 14.5. The summed E-state index contributed by atoms with van der Waals surface area (Å²) in [5.41, 5.74) is 3.34. The first-order valence-electron chi connectivity index (χ1n) is 7.40. The van der Waals surface area contributed by atoms with E-state index in [1.807, 2.05) is 24.3 Å². The third-order valence-electron chi connectivity index (χ3n) is 3.98. The summed E-state index contributed by atoms with van der Waals surface area (Å²) in [5, 5.41) is 3.56. The van der Waals surface area contributed by atoms with Crippen LogP contribution in [0.25, 0.3) is 0 Å². The van der Waals surface area contributed by atoms with Gasteiger partial charge >= 0.3 is 0 Å². The normalized spacial score (nSPS) is 19.3.